The summed E-state index contributed by atoms with van der Waals surface area (Å²) in [6.07, 6.45) is 1.39. The van der Waals surface area contributed by atoms with Crippen molar-refractivity contribution in [2.24, 2.45) is 7.05 Å². The molecule has 0 aliphatic heterocycles. The van der Waals surface area contributed by atoms with E-state index in [4.69, 9.17) is 9.47 Å². The minimum atomic E-state index is -0.613. The van der Waals surface area contributed by atoms with E-state index >= 15 is 0 Å². The molecule has 0 atom stereocenters. The van der Waals surface area contributed by atoms with Crippen molar-refractivity contribution in [2.75, 3.05) is 18.5 Å². The van der Waals surface area contributed by atoms with Crippen molar-refractivity contribution in [3.8, 4) is 0 Å². The van der Waals surface area contributed by atoms with Crippen molar-refractivity contribution in [1.82, 2.24) is 9.78 Å². The maximum Gasteiger partial charge on any atom is 0.342 e. The highest BCUT2D eigenvalue weighted by molar-refractivity contribution is 5.96. The van der Waals surface area contributed by atoms with E-state index in [-0.39, 0.29) is 0 Å². The molecular weight excluding hydrogens is 326 g/mol. The third-order valence-electron chi connectivity index (χ3n) is 3.47. The van der Waals surface area contributed by atoms with Gasteiger partial charge in [0.1, 0.15) is 5.56 Å². The van der Waals surface area contributed by atoms with Crippen LogP contribution >= 0.6 is 0 Å². The molecule has 0 aliphatic rings. The zero-order valence-electron chi connectivity index (χ0n) is 14.2. The Morgan fingerprint density at radius 3 is 2.36 bits per heavy atom. The Morgan fingerprint density at radius 2 is 1.80 bits per heavy atom. The lowest BCUT2D eigenvalue weighted by molar-refractivity contribution is -0.119. The fraction of sp³-hybridized carbons (Fsp3) is 0.294. The van der Waals surface area contributed by atoms with Crippen LogP contribution in [0.3, 0.4) is 0 Å². The summed E-state index contributed by atoms with van der Waals surface area (Å²) in [5.41, 5.74) is 1.83. The number of nitrogens with one attached hydrogen (secondary N) is 1. The van der Waals surface area contributed by atoms with E-state index in [1.807, 2.05) is 0 Å². The number of carbonyl (C=O) groups is 3. The van der Waals surface area contributed by atoms with Crippen molar-refractivity contribution < 1.29 is 23.9 Å². The third-order valence-corrected chi connectivity index (χ3v) is 3.47. The summed E-state index contributed by atoms with van der Waals surface area (Å²) in [5.74, 6) is -1.53. The molecule has 0 radical (unpaired) electrons. The van der Waals surface area contributed by atoms with Crippen molar-refractivity contribution in [3.05, 3.63) is 47.3 Å². The van der Waals surface area contributed by atoms with Crippen LogP contribution in [0.5, 0.6) is 0 Å². The number of rotatable bonds is 6. The van der Waals surface area contributed by atoms with Crippen LogP contribution in [0.15, 0.2) is 30.5 Å². The van der Waals surface area contributed by atoms with Crippen molar-refractivity contribution >= 4 is 23.5 Å². The Hall–Kier alpha value is -3.16. The standard InChI is InChI=1S/C17H19N3O5/c1-4-24-16(22)12-5-7-13(8-6-12)19-15(21)10-25-17(23)14-9-18-20(3)11(14)2/h5-9H,4,10H2,1-3H3,(H,19,21). The van der Waals surface area contributed by atoms with Gasteiger partial charge in [-0.15, -0.1) is 0 Å². The lowest BCUT2D eigenvalue weighted by Crippen LogP contribution is -2.21. The molecule has 1 aromatic heterocycles. The smallest absolute Gasteiger partial charge is 0.342 e. The highest BCUT2D eigenvalue weighted by Crippen LogP contribution is 2.11. The first kappa shape index (κ1) is 18.2. The molecule has 1 amide bonds. The largest absolute Gasteiger partial charge is 0.462 e. The van der Waals surface area contributed by atoms with Crippen molar-refractivity contribution in [2.45, 2.75) is 13.8 Å². The summed E-state index contributed by atoms with van der Waals surface area (Å²) < 4.78 is 11.4. The van der Waals surface area contributed by atoms with Gasteiger partial charge in [0, 0.05) is 18.4 Å². The normalized spacial score (nSPS) is 10.2. The number of aromatic nitrogens is 2. The highest BCUT2D eigenvalue weighted by Gasteiger charge is 2.16. The fourth-order valence-electron chi connectivity index (χ4n) is 2.01. The van der Waals surface area contributed by atoms with Crippen LogP contribution in [0.25, 0.3) is 0 Å². The number of carbonyl (C=O) groups excluding carboxylic acids is 3. The predicted molar refractivity (Wildman–Crippen MR) is 89.3 cm³/mol. The molecule has 8 heteroatoms. The third kappa shape index (κ3) is 4.66. The number of benzene rings is 1. The van der Waals surface area contributed by atoms with E-state index in [9.17, 15) is 14.4 Å². The Kier molecular flexibility index (Phi) is 5.89. The average molecular weight is 345 g/mol. The number of amides is 1. The van der Waals surface area contributed by atoms with E-state index in [2.05, 4.69) is 10.4 Å². The highest BCUT2D eigenvalue weighted by atomic mass is 16.5. The second-order valence-electron chi connectivity index (χ2n) is 5.19. The first-order chi connectivity index (χ1) is 11.9. The number of ether oxygens (including phenoxy) is 2. The molecular formula is C17H19N3O5. The van der Waals surface area contributed by atoms with Gasteiger partial charge in [0.05, 0.1) is 18.4 Å². The molecule has 2 aromatic rings. The maximum absolute atomic E-state index is 11.9. The predicted octanol–water partition coefficient (Wildman–Crippen LogP) is 1.70. The van der Waals surface area contributed by atoms with E-state index in [1.165, 1.54) is 6.20 Å². The van der Waals surface area contributed by atoms with E-state index in [0.29, 0.717) is 29.1 Å². The number of hydrogen-bond acceptors (Lipinski definition) is 6. The van der Waals surface area contributed by atoms with Gasteiger partial charge < -0.3 is 14.8 Å². The molecule has 1 heterocycles. The fourth-order valence-corrected chi connectivity index (χ4v) is 2.01. The van der Waals surface area contributed by atoms with E-state index in [0.717, 1.165) is 0 Å². The minimum absolute atomic E-state index is 0.291. The van der Waals surface area contributed by atoms with E-state index < -0.39 is 24.5 Å². The summed E-state index contributed by atoms with van der Waals surface area (Å²) in [6, 6.07) is 6.21. The molecule has 1 aromatic carbocycles. The molecule has 25 heavy (non-hydrogen) atoms. The Bertz CT molecular complexity index is 780. The number of anilines is 1. The zero-order chi connectivity index (χ0) is 18.4. The van der Waals surface area contributed by atoms with Gasteiger partial charge in [-0.3, -0.25) is 9.48 Å². The lowest BCUT2D eigenvalue weighted by atomic mass is 10.2. The number of nitrogens with zero attached hydrogens (tertiary/aromatic N) is 2. The SMILES string of the molecule is CCOC(=O)c1ccc(NC(=O)COC(=O)c2cnn(C)c2C)cc1. The summed E-state index contributed by atoms with van der Waals surface area (Å²) >= 11 is 0. The van der Waals surface area contributed by atoms with E-state index in [1.54, 1.807) is 49.8 Å². The zero-order valence-corrected chi connectivity index (χ0v) is 14.2. The Labute approximate surface area is 144 Å². The topological polar surface area (TPSA) is 99.5 Å². The second-order valence-corrected chi connectivity index (χ2v) is 5.19. The van der Waals surface area contributed by atoms with Crippen LogP contribution in [0.1, 0.15) is 33.3 Å². The first-order valence-corrected chi connectivity index (χ1v) is 7.65. The van der Waals surface area contributed by atoms with Crippen LogP contribution in [-0.2, 0) is 21.3 Å². The monoisotopic (exact) mass is 345 g/mol. The summed E-state index contributed by atoms with van der Waals surface area (Å²) in [5, 5.41) is 6.52. The molecule has 0 bridgehead atoms. The van der Waals surface area contributed by atoms with Gasteiger partial charge in [-0.05, 0) is 38.1 Å². The van der Waals surface area contributed by atoms with Gasteiger partial charge in [-0.1, -0.05) is 0 Å². The molecule has 0 spiro atoms. The van der Waals surface area contributed by atoms with Gasteiger partial charge in [0.2, 0.25) is 0 Å². The number of esters is 2. The summed E-state index contributed by atoms with van der Waals surface area (Å²) in [6.45, 7) is 3.32. The molecule has 0 saturated heterocycles. The van der Waals surface area contributed by atoms with Crippen LogP contribution in [-0.4, -0.2) is 40.8 Å². The molecule has 0 saturated carbocycles. The van der Waals surface area contributed by atoms with Gasteiger partial charge in [-0.2, -0.15) is 5.10 Å². The molecule has 2 rings (SSSR count). The Balaban J connectivity index is 1.87. The van der Waals surface area contributed by atoms with Crippen LogP contribution in [0, 0.1) is 6.92 Å². The van der Waals surface area contributed by atoms with Gasteiger partial charge >= 0.3 is 11.9 Å². The molecule has 0 fully saturated rings. The van der Waals surface area contributed by atoms with Gasteiger partial charge in [0.15, 0.2) is 6.61 Å². The molecule has 8 nitrogen and oxygen atoms in total. The number of hydrogen-bond donors (Lipinski definition) is 1. The van der Waals surface area contributed by atoms with Gasteiger partial charge in [0.25, 0.3) is 5.91 Å². The number of aryl methyl sites for hydroxylation is 1. The van der Waals surface area contributed by atoms with Crippen LogP contribution < -0.4 is 5.32 Å². The molecule has 0 unspecified atom stereocenters. The van der Waals surface area contributed by atoms with Crippen LogP contribution in [0.2, 0.25) is 0 Å². The summed E-state index contributed by atoms with van der Waals surface area (Å²) in [4.78, 5) is 35.3. The maximum atomic E-state index is 11.9. The molecule has 132 valence electrons. The second kappa shape index (κ2) is 8.09. The van der Waals surface area contributed by atoms with Crippen LogP contribution in [0.4, 0.5) is 5.69 Å². The Morgan fingerprint density at radius 1 is 1.12 bits per heavy atom. The first-order valence-electron chi connectivity index (χ1n) is 7.65. The quantitative estimate of drug-likeness (QED) is 0.800. The minimum Gasteiger partial charge on any atom is -0.462 e. The summed E-state index contributed by atoms with van der Waals surface area (Å²) in [7, 11) is 1.71. The van der Waals surface area contributed by atoms with Gasteiger partial charge in [-0.25, -0.2) is 9.59 Å². The van der Waals surface area contributed by atoms with Crippen molar-refractivity contribution in [3.63, 3.8) is 0 Å². The molecule has 0 aliphatic carbocycles. The van der Waals surface area contributed by atoms with Crippen molar-refractivity contribution in [1.29, 1.82) is 0 Å². The lowest BCUT2D eigenvalue weighted by Gasteiger charge is -2.07. The average Bonchev–Trinajstić information content (AvgIpc) is 2.93. The molecule has 1 N–H and O–H groups in total.